The minimum Gasteiger partial charge on any atom is -0.454 e. The maximum absolute atomic E-state index is 9.55. The molecule has 1 aromatic carbocycles. The molecule has 1 heterocycles. The van der Waals surface area contributed by atoms with Crippen molar-refractivity contribution in [2.24, 2.45) is 5.73 Å². The monoisotopic (exact) mass is 241 g/mol. The van der Waals surface area contributed by atoms with Gasteiger partial charge in [-0.1, -0.05) is 0 Å². The number of nitrogens with two attached hydrogens (primary N) is 1. The van der Waals surface area contributed by atoms with Crippen molar-refractivity contribution >= 4 is 11.8 Å². The Kier molecular flexibility index (Phi) is 3.93. The lowest BCUT2D eigenvalue weighted by molar-refractivity contribution is 0.174. The topological polar surface area (TPSA) is 64.7 Å². The Morgan fingerprint density at radius 1 is 1.38 bits per heavy atom. The zero-order valence-corrected chi connectivity index (χ0v) is 9.70. The summed E-state index contributed by atoms with van der Waals surface area (Å²) >= 11 is 1.59. The Bertz CT molecular complexity index is 359. The van der Waals surface area contributed by atoms with Crippen LogP contribution in [0.25, 0.3) is 0 Å². The van der Waals surface area contributed by atoms with Crippen LogP contribution in [0.1, 0.15) is 6.42 Å². The molecule has 1 aliphatic rings. The van der Waals surface area contributed by atoms with E-state index in [1.54, 1.807) is 11.8 Å². The quantitative estimate of drug-likeness (QED) is 0.759. The summed E-state index contributed by atoms with van der Waals surface area (Å²) in [6.07, 6.45) is 0.290. The van der Waals surface area contributed by atoms with Crippen molar-refractivity contribution in [1.82, 2.24) is 0 Å². The standard InChI is InChI=1S/C11H15NO3S/c12-4-3-8(13)6-16-9-1-2-10-11(5-9)15-7-14-10/h1-2,5,8,13H,3-4,6-7,12H2. The minimum absolute atomic E-state index is 0.291. The minimum atomic E-state index is -0.347. The number of benzene rings is 1. The zero-order chi connectivity index (χ0) is 11.4. The molecule has 0 radical (unpaired) electrons. The van der Waals surface area contributed by atoms with Crippen LogP contribution in [0.3, 0.4) is 0 Å². The van der Waals surface area contributed by atoms with E-state index in [4.69, 9.17) is 15.2 Å². The largest absolute Gasteiger partial charge is 0.454 e. The summed E-state index contributed by atoms with van der Waals surface area (Å²) in [5.74, 6) is 2.21. The summed E-state index contributed by atoms with van der Waals surface area (Å²) in [5, 5.41) is 9.55. The summed E-state index contributed by atoms with van der Waals surface area (Å²) in [6, 6.07) is 5.79. The second-order valence-electron chi connectivity index (χ2n) is 3.56. The van der Waals surface area contributed by atoms with Crippen LogP contribution in [0.15, 0.2) is 23.1 Å². The molecule has 0 aliphatic carbocycles. The van der Waals surface area contributed by atoms with E-state index in [1.165, 1.54) is 0 Å². The van der Waals surface area contributed by atoms with Crippen LogP contribution in [0.5, 0.6) is 11.5 Å². The highest BCUT2D eigenvalue weighted by atomic mass is 32.2. The average Bonchev–Trinajstić information content (AvgIpc) is 2.74. The number of hydrogen-bond acceptors (Lipinski definition) is 5. The fourth-order valence-corrected chi connectivity index (χ4v) is 2.34. The van der Waals surface area contributed by atoms with Gasteiger partial charge < -0.3 is 20.3 Å². The number of aliphatic hydroxyl groups is 1. The van der Waals surface area contributed by atoms with E-state index in [2.05, 4.69) is 0 Å². The summed E-state index contributed by atoms with van der Waals surface area (Å²) in [7, 11) is 0. The SMILES string of the molecule is NCCC(O)CSc1ccc2c(c1)OCO2. The van der Waals surface area contributed by atoms with E-state index in [9.17, 15) is 5.11 Å². The Morgan fingerprint density at radius 2 is 2.19 bits per heavy atom. The summed E-state index contributed by atoms with van der Waals surface area (Å²) in [6.45, 7) is 0.808. The van der Waals surface area contributed by atoms with Crippen molar-refractivity contribution in [2.75, 3.05) is 19.1 Å². The highest BCUT2D eigenvalue weighted by Crippen LogP contribution is 2.35. The number of fused-ring (bicyclic) bond motifs is 1. The lowest BCUT2D eigenvalue weighted by Gasteiger charge is -2.08. The molecule has 0 spiro atoms. The van der Waals surface area contributed by atoms with Crippen molar-refractivity contribution < 1.29 is 14.6 Å². The summed E-state index contributed by atoms with van der Waals surface area (Å²) in [5.41, 5.74) is 5.37. The molecule has 2 rings (SSSR count). The number of aliphatic hydroxyl groups excluding tert-OH is 1. The first-order chi connectivity index (χ1) is 7.79. The van der Waals surface area contributed by atoms with Gasteiger partial charge >= 0.3 is 0 Å². The third-order valence-electron chi connectivity index (χ3n) is 2.29. The third-order valence-corrected chi connectivity index (χ3v) is 3.43. The molecule has 16 heavy (non-hydrogen) atoms. The summed E-state index contributed by atoms with van der Waals surface area (Å²) < 4.78 is 10.5. The number of thioether (sulfide) groups is 1. The van der Waals surface area contributed by atoms with E-state index in [0.29, 0.717) is 25.5 Å². The highest BCUT2D eigenvalue weighted by molar-refractivity contribution is 7.99. The van der Waals surface area contributed by atoms with Crippen LogP contribution in [-0.4, -0.2) is 30.3 Å². The predicted molar refractivity (Wildman–Crippen MR) is 63.0 cm³/mol. The Labute approximate surface area is 98.7 Å². The maximum atomic E-state index is 9.55. The second-order valence-corrected chi connectivity index (χ2v) is 4.65. The molecule has 1 unspecified atom stereocenters. The lowest BCUT2D eigenvalue weighted by Crippen LogP contribution is -2.15. The number of ether oxygens (including phenoxy) is 2. The molecular formula is C11H15NO3S. The molecule has 0 amide bonds. The average molecular weight is 241 g/mol. The molecule has 5 heteroatoms. The molecular weight excluding hydrogens is 226 g/mol. The molecule has 88 valence electrons. The maximum Gasteiger partial charge on any atom is 0.231 e. The van der Waals surface area contributed by atoms with E-state index in [-0.39, 0.29) is 6.10 Å². The molecule has 0 aromatic heterocycles. The Hall–Kier alpha value is -0.910. The van der Waals surface area contributed by atoms with Crippen molar-refractivity contribution in [1.29, 1.82) is 0 Å². The fraction of sp³-hybridized carbons (Fsp3) is 0.455. The number of hydrogen-bond donors (Lipinski definition) is 2. The van der Waals surface area contributed by atoms with Crippen molar-refractivity contribution in [2.45, 2.75) is 17.4 Å². The third kappa shape index (κ3) is 2.81. The van der Waals surface area contributed by atoms with Gasteiger partial charge in [0.15, 0.2) is 11.5 Å². The first-order valence-electron chi connectivity index (χ1n) is 5.20. The van der Waals surface area contributed by atoms with Crippen LogP contribution in [0.4, 0.5) is 0 Å². The van der Waals surface area contributed by atoms with Crippen LogP contribution < -0.4 is 15.2 Å². The van der Waals surface area contributed by atoms with Gasteiger partial charge in [0.05, 0.1) is 6.10 Å². The molecule has 0 fully saturated rings. The van der Waals surface area contributed by atoms with E-state index < -0.39 is 0 Å². The highest BCUT2D eigenvalue weighted by Gasteiger charge is 2.13. The van der Waals surface area contributed by atoms with Crippen molar-refractivity contribution in [3.63, 3.8) is 0 Å². The molecule has 1 aliphatic heterocycles. The predicted octanol–water partition coefficient (Wildman–Crippen LogP) is 1.22. The molecule has 0 saturated heterocycles. The van der Waals surface area contributed by atoms with Gasteiger partial charge in [0.2, 0.25) is 6.79 Å². The van der Waals surface area contributed by atoms with Gasteiger partial charge in [-0.3, -0.25) is 0 Å². The zero-order valence-electron chi connectivity index (χ0n) is 8.89. The normalized spacial score (nSPS) is 15.1. The van der Waals surface area contributed by atoms with Crippen LogP contribution >= 0.6 is 11.8 Å². The molecule has 3 N–H and O–H groups in total. The van der Waals surface area contributed by atoms with E-state index in [1.807, 2.05) is 18.2 Å². The fourth-order valence-electron chi connectivity index (χ4n) is 1.43. The molecule has 0 bridgehead atoms. The van der Waals surface area contributed by atoms with Crippen molar-refractivity contribution in [3.8, 4) is 11.5 Å². The smallest absolute Gasteiger partial charge is 0.231 e. The van der Waals surface area contributed by atoms with Gasteiger partial charge in [-0.25, -0.2) is 0 Å². The summed E-state index contributed by atoms with van der Waals surface area (Å²) in [4.78, 5) is 1.07. The molecule has 1 aromatic rings. The Morgan fingerprint density at radius 3 is 3.00 bits per heavy atom. The lowest BCUT2D eigenvalue weighted by atomic mass is 10.3. The van der Waals surface area contributed by atoms with Gasteiger partial charge in [0.25, 0.3) is 0 Å². The van der Waals surface area contributed by atoms with Crippen LogP contribution in [0.2, 0.25) is 0 Å². The van der Waals surface area contributed by atoms with Crippen molar-refractivity contribution in [3.05, 3.63) is 18.2 Å². The first-order valence-corrected chi connectivity index (χ1v) is 6.18. The van der Waals surface area contributed by atoms with Gasteiger partial charge in [-0.05, 0) is 31.2 Å². The van der Waals surface area contributed by atoms with E-state index in [0.717, 1.165) is 16.4 Å². The van der Waals surface area contributed by atoms with Gasteiger partial charge in [0, 0.05) is 10.6 Å². The van der Waals surface area contributed by atoms with Gasteiger partial charge in [-0.2, -0.15) is 0 Å². The molecule has 1 atom stereocenters. The molecule has 4 nitrogen and oxygen atoms in total. The van der Waals surface area contributed by atoms with Crippen LogP contribution in [-0.2, 0) is 0 Å². The van der Waals surface area contributed by atoms with Gasteiger partial charge in [0.1, 0.15) is 0 Å². The molecule has 0 saturated carbocycles. The van der Waals surface area contributed by atoms with Gasteiger partial charge in [-0.15, -0.1) is 11.8 Å². The second kappa shape index (κ2) is 5.43. The van der Waals surface area contributed by atoms with E-state index >= 15 is 0 Å². The number of rotatable bonds is 5. The van der Waals surface area contributed by atoms with Crippen LogP contribution in [0, 0.1) is 0 Å². The Balaban J connectivity index is 1.90. The first kappa shape index (κ1) is 11.6.